The summed E-state index contributed by atoms with van der Waals surface area (Å²) < 4.78 is 0. The highest BCUT2D eigenvalue weighted by Gasteiger charge is 2.32. The summed E-state index contributed by atoms with van der Waals surface area (Å²) in [6.07, 6.45) is 4.27. The number of anilines is 1. The number of rotatable bonds is 5. The molecule has 0 bridgehead atoms. The van der Waals surface area contributed by atoms with Gasteiger partial charge in [0, 0.05) is 78.6 Å². The van der Waals surface area contributed by atoms with Gasteiger partial charge in [-0.3, -0.25) is 19.4 Å². The number of aromatic nitrogens is 1. The van der Waals surface area contributed by atoms with Crippen molar-refractivity contribution in [3.63, 3.8) is 0 Å². The van der Waals surface area contributed by atoms with Crippen molar-refractivity contribution in [2.75, 3.05) is 76.9 Å². The number of piperidine rings is 1. The summed E-state index contributed by atoms with van der Waals surface area (Å²) in [5.41, 5.74) is 0. The number of carbonyl (C=O) groups excluding carboxylic acids is 2. The Hall–Kier alpha value is -2.19. The molecule has 0 N–H and O–H groups in total. The van der Waals surface area contributed by atoms with E-state index in [1.807, 2.05) is 22.1 Å². The molecule has 1 aromatic heterocycles. The number of nitrogens with zero attached hydrogens (tertiary/aromatic N) is 6. The van der Waals surface area contributed by atoms with E-state index >= 15 is 0 Å². The molecule has 0 aromatic carbocycles. The first kappa shape index (κ1) is 23.0. The number of hydrogen-bond donors (Lipinski definition) is 0. The van der Waals surface area contributed by atoms with Gasteiger partial charge in [-0.2, -0.15) is 0 Å². The third-order valence-corrected chi connectivity index (χ3v) is 7.35. The monoisotopic (exact) mass is 442 g/mol. The topological polar surface area (TPSA) is 63.2 Å². The van der Waals surface area contributed by atoms with Crippen LogP contribution < -0.4 is 4.90 Å². The number of amides is 2. The van der Waals surface area contributed by atoms with Crippen molar-refractivity contribution in [1.82, 2.24) is 24.6 Å². The average Bonchev–Trinajstić information content (AvgIpc) is 2.84. The Kier molecular flexibility index (Phi) is 7.63. The number of likely N-dealkylation sites (tertiary alicyclic amines) is 1. The second-order valence-corrected chi connectivity index (χ2v) is 9.49. The van der Waals surface area contributed by atoms with E-state index < -0.39 is 0 Å². The van der Waals surface area contributed by atoms with E-state index in [0.717, 1.165) is 58.1 Å². The molecule has 0 spiro atoms. The molecular formula is C24H38N6O2. The molecule has 4 heterocycles. The molecule has 3 fully saturated rings. The smallest absolute Gasteiger partial charge is 0.239 e. The Morgan fingerprint density at radius 1 is 1.00 bits per heavy atom. The van der Waals surface area contributed by atoms with Crippen LogP contribution in [0, 0.1) is 5.92 Å². The minimum Gasteiger partial charge on any atom is -0.354 e. The van der Waals surface area contributed by atoms with Crippen LogP contribution in [0.2, 0.25) is 0 Å². The Morgan fingerprint density at radius 2 is 1.72 bits per heavy atom. The van der Waals surface area contributed by atoms with Crippen molar-refractivity contribution in [2.45, 2.75) is 32.7 Å². The third kappa shape index (κ3) is 5.59. The first-order chi connectivity index (χ1) is 15.5. The number of hydrogen-bond acceptors (Lipinski definition) is 6. The van der Waals surface area contributed by atoms with Gasteiger partial charge in [0.05, 0.1) is 6.04 Å². The van der Waals surface area contributed by atoms with Crippen LogP contribution in [0.25, 0.3) is 0 Å². The quantitative estimate of drug-likeness (QED) is 0.678. The predicted molar refractivity (Wildman–Crippen MR) is 125 cm³/mol. The van der Waals surface area contributed by atoms with E-state index in [2.05, 4.69) is 38.7 Å². The molecule has 8 heteroatoms. The van der Waals surface area contributed by atoms with Crippen molar-refractivity contribution in [3.8, 4) is 0 Å². The van der Waals surface area contributed by atoms with Crippen LogP contribution in [0.5, 0.6) is 0 Å². The van der Waals surface area contributed by atoms with E-state index in [1.165, 1.54) is 6.42 Å². The Balaban J connectivity index is 1.23. The molecule has 0 aliphatic carbocycles. The van der Waals surface area contributed by atoms with Gasteiger partial charge < -0.3 is 14.7 Å². The summed E-state index contributed by atoms with van der Waals surface area (Å²) in [6.45, 7) is 13.6. The summed E-state index contributed by atoms with van der Waals surface area (Å²) in [5, 5.41) is 0. The normalized spacial score (nSPS) is 24.4. The summed E-state index contributed by atoms with van der Waals surface area (Å²) in [4.78, 5) is 40.3. The molecule has 0 saturated carbocycles. The van der Waals surface area contributed by atoms with Crippen molar-refractivity contribution in [3.05, 3.63) is 24.4 Å². The Morgan fingerprint density at radius 3 is 2.38 bits per heavy atom. The first-order valence-corrected chi connectivity index (χ1v) is 12.2. The number of carbonyl (C=O) groups is 2. The largest absolute Gasteiger partial charge is 0.354 e. The van der Waals surface area contributed by atoms with Crippen molar-refractivity contribution in [2.24, 2.45) is 5.92 Å². The van der Waals surface area contributed by atoms with Crippen LogP contribution >= 0.6 is 0 Å². The molecule has 4 rings (SSSR count). The second-order valence-electron chi connectivity index (χ2n) is 9.49. The van der Waals surface area contributed by atoms with Crippen LogP contribution in [0.1, 0.15) is 26.7 Å². The minimum atomic E-state index is -0.0809. The third-order valence-electron chi connectivity index (χ3n) is 7.35. The van der Waals surface area contributed by atoms with Crippen LogP contribution in [0.4, 0.5) is 5.82 Å². The van der Waals surface area contributed by atoms with E-state index in [1.54, 1.807) is 6.92 Å². The first-order valence-electron chi connectivity index (χ1n) is 12.2. The van der Waals surface area contributed by atoms with Crippen LogP contribution in [0.15, 0.2) is 24.4 Å². The van der Waals surface area contributed by atoms with E-state index in [-0.39, 0.29) is 17.9 Å². The van der Waals surface area contributed by atoms with E-state index in [0.29, 0.717) is 32.1 Å². The number of piperazine rings is 2. The SMILES string of the molecule is CC(=O)N1CCN(C(=O)C(C)N2CCCC(CN3CCN(c4ccccn4)CC3)C2)CC1. The molecule has 2 atom stereocenters. The lowest BCUT2D eigenvalue weighted by Crippen LogP contribution is -2.56. The second kappa shape index (κ2) is 10.6. The van der Waals surface area contributed by atoms with Gasteiger partial charge in [0.2, 0.25) is 11.8 Å². The van der Waals surface area contributed by atoms with Crippen LogP contribution in [-0.2, 0) is 9.59 Å². The highest BCUT2D eigenvalue weighted by atomic mass is 16.2. The van der Waals surface area contributed by atoms with Gasteiger partial charge in [0.1, 0.15) is 5.82 Å². The summed E-state index contributed by atoms with van der Waals surface area (Å²) in [6, 6.07) is 6.03. The molecule has 2 unspecified atom stereocenters. The van der Waals surface area contributed by atoms with Gasteiger partial charge in [-0.05, 0) is 44.4 Å². The summed E-state index contributed by atoms with van der Waals surface area (Å²) in [7, 11) is 0. The fourth-order valence-electron chi connectivity index (χ4n) is 5.33. The van der Waals surface area contributed by atoms with Gasteiger partial charge >= 0.3 is 0 Å². The zero-order valence-electron chi connectivity index (χ0n) is 19.7. The molecule has 176 valence electrons. The molecule has 3 aliphatic rings. The predicted octanol–water partition coefficient (Wildman–Crippen LogP) is 0.995. The fraction of sp³-hybridized carbons (Fsp3) is 0.708. The van der Waals surface area contributed by atoms with Crippen molar-refractivity contribution in [1.29, 1.82) is 0 Å². The standard InChI is InChI=1S/C24H38N6O2/c1-20(24(32)29-16-14-27(15-17-29)21(2)31)30-9-5-6-22(19-30)18-26-10-12-28(13-11-26)23-7-3-4-8-25-23/h3-4,7-8,20,22H,5-6,9-19H2,1-2H3. The molecular weight excluding hydrogens is 404 g/mol. The van der Waals surface area contributed by atoms with Crippen LogP contribution in [-0.4, -0.2) is 114 Å². The Bertz CT molecular complexity index is 759. The van der Waals surface area contributed by atoms with Gasteiger partial charge in [-0.15, -0.1) is 0 Å². The fourth-order valence-corrected chi connectivity index (χ4v) is 5.33. The van der Waals surface area contributed by atoms with Gasteiger partial charge in [-0.1, -0.05) is 6.07 Å². The van der Waals surface area contributed by atoms with Gasteiger partial charge in [0.25, 0.3) is 0 Å². The molecule has 1 aromatic rings. The summed E-state index contributed by atoms with van der Waals surface area (Å²) in [5.74, 6) is 2.02. The van der Waals surface area contributed by atoms with Crippen LogP contribution in [0.3, 0.4) is 0 Å². The van der Waals surface area contributed by atoms with Crippen molar-refractivity contribution >= 4 is 17.6 Å². The molecule has 3 aliphatic heterocycles. The maximum atomic E-state index is 13.1. The maximum Gasteiger partial charge on any atom is 0.239 e. The average molecular weight is 443 g/mol. The molecule has 0 radical (unpaired) electrons. The van der Waals surface area contributed by atoms with Gasteiger partial charge in [-0.25, -0.2) is 4.98 Å². The zero-order valence-corrected chi connectivity index (χ0v) is 19.7. The molecule has 32 heavy (non-hydrogen) atoms. The highest BCUT2D eigenvalue weighted by Crippen LogP contribution is 2.22. The highest BCUT2D eigenvalue weighted by molar-refractivity contribution is 5.82. The Labute approximate surface area is 192 Å². The maximum absolute atomic E-state index is 13.1. The molecule has 8 nitrogen and oxygen atoms in total. The number of pyridine rings is 1. The van der Waals surface area contributed by atoms with Crippen molar-refractivity contribution < 1.29 is 9.59 Å². The summed E-state index contributed by atoms with van der Waals surface area (Å²) >= 11 is 0. The van der Waals surface area contributed by atoms with E-state index in [4.69, 9.17) is 0 Å². The lowest BCUT2D eigenvalue weighted by Gasteiger charge is -2.42. The minimum absolute atomic E-state index is 0.0809. The lowest BCUT2D eigenvalue weighted by atomic mass is 9.95. The molecule has 2 amide bonds. The van der Waals surface area contributed by atoms with E-state index in [9.17, 15) is 9.59 Å². The molecule has 3 saturated heterocycles. The lowest BCUT2D eigenvalue weighted by molar-refractivity contribution is -0.142. The zero-order chi connectivity index (χ0) is 22.5. The van der Waals surface area contributed by atoms with Gasteiger partial charge in [0.15, 0.2) is 0 Å².